The molecule has 9 aromatic carbocycles. The lowest BCUT2D eigenvalue weighted by Gasteiger charge is -2.21. The second-order valence-electron chi connectivity index (χ2n) is 13.8. The molecule has 0 amide bonds. The summed E-state index contributed by atoms with van der Waals surface area (Å²) in [7, 11) is 0. The normalized spacial score (nSPS) is 13.2. The monoisotopic (exact) mass is 667 g/mol. The Hall–Kier alpha value is -7.25. The Bertz CT molecular complexity index is 3580. The van der Waals surface area contributed by atoms with Crippen molar-refractivity contribution in [1.82, 2.24) is 9.61 Å². The van der Waals surface area contributed by atoms with Crippen molar-refractivity contribution >= 4 is 104 Å². The van der Waals surface area contributed by atoms with E-state index in [9.17, 15) is 19.2 Å². The van der Waals surface area contributed by atoms with Crippen LogP contribution in [0.3, 0.4) is 0 Å². The molecule has 240 valence electrons. The highest BCUT2D eigenvalue weighted by atomic mass is 16.1. The number of benzene rings is 9. The summed E-state index contributed by atoms with van der Waals surface area (Å²) in [6.45, 7) is 0. The van der Waals surface area contributed by atoms with Crippen LogP contribution in [0.15, 0.2) is 131 Å². The highest BCUT2D eigenvalue weighted by Crippen LogP contribution is 2.44. The minimum Gasteiger partial charge on any atom is -0.355 e. The highest BCUT2D eigenvalue weighted by molar-refractivity contribution is 6.35. The molecule has 0 radical (unpaired) electrons. The lowest BCUT2D eigenvalue weighted by Crippen LogP contribution is -2.22. The molecule has 1 aliphatic carbocycles. The van der Waals surface area contributed by atoms with Crippen molar-refractivity contribution in [2.75, 3.05) is 5.32 Å². The molecule has 0 aliphatic heterocycles. The zero-order valence-corrected chi connectivity index (χ0v) is 27.1. The van der Waals surface area contributed by atoms with Gasteiger partial charge in [0.2, 0.25) is 0 Å². The first-order chi connectivity index (χ1) is 25.4. The number of rotatable bonds is 2. The molecule has 0 atom stereocenters. The molecule has 0 bridgehead atoms. The van der Waals surface area contributed by atoms with Gasteiger partial charge in [0.1, 0.15) is 5.52 Å². The van der Waals surface area contributed by atoms with Gasteiger partial charge in [0.25, 0.3) is 0 Å². The van der Waals surface area contributed by atoms with E-state index < -0.39 is 0 Å². The van der Waals surface area contributed by atoms with E-state index in [2.05, 4.69) is 41.7 Å². The Kier molecular flexibility index (Phi) is 4.93. The number of ketones is 2. The number of nitrogens with zero attached hydrogens (tertiary/aromatic N) is 2. The van der Waals surface area contributed by atoms with Gasteiger partial charge in [-0.15, -0.1) is 0 Å². The van der Waals surface area contributed by atoms with Gasteiger partial charge in [0.15, 0.2) is 22.4 Å². The van der Waals surface area contributed by atoms with Crippen LogP contribution in [0.1, 0.15) is 31.8 Å². The molecule has 2 heterocycles. The summed E-state index contributed by atoms with van der Waals surface area (Å²) in [5.41, 5.74) is 4.89. The van der Waals surface area contributed by atoms with Gasteiger partial charge in [-0.05, 0) is 74.8 Å². The van der Waals surface area contributed by atoms with Gasteiger partial charge in [0.05, 0.1) is 22.3 Å². The van der Waals surface area contributed by atoms with Gasteiger partial charge in [-0.3, -0.25) is 19.2 Å². The second-order valence-corrected chi connectivity index (χ2v) is 13.8. The lowest BCUT2D eigenvalue weighted by atomic mass is 9.83. The topological polar surface area (TPSA) is 97.6 Å². The molecule has 2 aromatic heterocycles. The number of carbonyl (C=O) groups is 2. The summed E-state index contributed by atoms with van der Waals surface area (Å²) in [6.07, 6.45) is 0. The van der Waals surface area contributed by atoms with E-state index in [1.165, 1.54) is 0 Å². The minimum absolute atomic E-state index is 0.0754. The molecule has 12 rings (SSSR count). The van der Waals surface area contributed by atoms with E-state index >= 15 is 0 Å². The first-order valence-corrected chi connectivity index (χ1v) is 17.0. The van der Waals surface area contributed by atoms with E-state index in [1.807, 2.05) is 28.8 Å². The lowest BCUT2D eigenvalue weighted by molar-refractivity contribution is 0.0979. The smallest absolute Gasteiger partial charge is 0.196 e. The zero-order valence-electron chi connectivity index (χ0n) is 27.1. The van der Waals surface area contributed by atoms with Crippen LogP contribution in [0.25, 0.3) is 81.2 Å². The molecule has 0 fully saturated rings. The molecule has 1 aliphatic rings. The third-order valence-electron chi connectivity index (χ3n) is 11.1. The number of anilines is 2. The van der Waals surface area contributed by atoms with Crippen LogP contribution >= 0.6 is 0 Å². The molecule has 0 saturated heterocycles. The number of hydrogen-bond acceptors (Lipinski definition) is 6. The van der Waals surface area contributed by atoms with Crippen molar-refractivity contribution in [1.29, 1.82) is 0 Å². The average molecular weight is 668 g/mol. The molecule has 7 nitrogen and oxygen atoms in total. The second kappa shape index (κ2) is 9.29. The Morgan fingerprint density at radius 2 is 1.21 bits per heavy atom. The summed E-state index contributed by atoms with van der Waals surface area (Å²) < 4.78 is 1.89. The largest absolute Gasteiger partial charge is 0.355 e. The first kappa shape index (κ1) is 27.6. The summed E-state index contributed by atoms with van der Waals surface area (Å²) in [6, 6.07) is 37.4. The molecule has 11 aromatic rings. The maximum absolute atomic E-state index is 14.4. The third-order valence-corrected chi connectivity index (χ3v) is 11.1. The van der Waals surface area contributed by atoms with E-state index in [-0.39, 0.29) is 22.4 Å². The minimum atomic E-state index is -0.205. The van der Waals surface area contributed by atoms with Gasteiger partial charge >= 0.3 is 0 Å². The average Bonchev–Trinajstić information content (AvgIpc) is 3.57. The number of pyridine rings is 1. The van der Waals surface area contributed by atoms with Crippen LogP contribution in [0, 0.1) is 0 Å². The summed E-state index contributed by atoms with van der Waals surface area (Å²) >= 11 is 0. The van der Waals surface area contributed by atoms with E-state index in [0.717, 1.165) is 70.3 Å². The number of nitrogens with one attached hydrogen (secondary N) is 1. The van der Waals surface area contributed by atoms with Crippen molar-refractivity contribution in [3.63, 3.8) is 0 Å². The van der Waals surface area contributed by atoms with Crippen LogP contribution in [0.4, 0.5) is 11.4 Å². The fourth-order valence-corrected chi connectivity index (χ4v) is 8.88. The molecular formula is C45H21N3O4. The quantitative estimate of drug-likeness (QED) is 0.146. The Morgan fingerprint density at radius 3 is 2.06 bits per heavy atom. The molecule has 0 spiro atoms. The summed E-state index contributed by atoms with van der Waals surface area (Å²) in [5, 5.41) is 19.4. The number of hydrogen-bond donors (Lipinski definition) is 1. The van der Waals surface area contributed by atoms with Crippen molar-refractivity contribution in [3.8, 4) is 0 Å². The van der Waals surface area contributed by atoms with E-state index in [1.54, 1.807) is 60.7 Å². The number of aromatic nitrogens is 2. The van der Waals surface area contributed by atoms with Gasteiger partial charge in [0, 0.05) is 60.8 Å². The van der Waals surface area contributed by atoms with Crippen molar-refractivity contribution < 1.29 is 9.59 Å². The molecule has 52 heavy (non-hydrogen) atoms. The Morgan fingerprint density at radius 1 is 0.500 bits per heavy atom. The van der Waals surface area contributed by atoms with Gasteiger partial charge in [-0.2, -0.15) is 5.10 Å². The molecule has 0 saturated carbocycles. The van der Waals surface area contributed by atoms with Crippen LogP contribution in [-0.2, 0) is 0 Å². The van der Waals surface area contributed by atoms with Crippen molar-refractivity contribution in [2.45, 2.75) is 0 Å². The zero-order chi connectivity index (χ0) is 34.6. The SMILES string of the molecule is O=C1c2ccccc2C(=O)c2c(Nc3ccc4cc5ccc6c7ccc8cc9ccc(=O)cc9c9nn(c%10cc(=O)c(c4c3)c5c6%10)c7c89)cccc21. The number of carbonyl (C=O) groups excluding carboxylic acids is 2. The standard InChI is InChI=1S/C45H21N3O4/c49-26-13-9-22-17-24-11-15-28-27-14-10-23-16-21-8-12-25(46-34-7-3-6-31-39(34)45(52)30-5-2-1-4-29(30)44(31)51)18-32(21)41-36(50)20-35(40(27)37(23)41)48-43(28)38(24)42(47-48)33(22)19-26/h1-20,46H. The molecule has 7 heteroatoms. The third kappa shape index (κ3) is 3.32. The van der Waals surface area contributed by atoms with E-state index in [0.29, 0.717) is 44.5 Å². The highest BCUT2D eigenvalue weighted by Gasteiger charge is 2.31. The van der Waals surface area contributed by atoms with Crippen molar-refractivity contribution in [2.24, 2.45) is 0 Å². The predicted octanol–water partition coefficient (Wildman–Crippen LogP) is 8.96. The summed E-state index contributed by atoms with van der Waals surface area (Å²) in [5.74, 6) is -0.386. The molecule has 1 N–H and O–H groups in total. The molecular weight excluding hydrogens is 647 g/mol. The van der Waals surface area contributed by atoms with Crippen LogP contribution in [0.2, 0.25) is 0 Å². The van der Waals surface area contributed by atoms with E-state index in [4.69, 9.17) is 5.10 Å². The van der Waals surface area contributed by atoms with Crippen LogP contribution in [-0.4, -0.2) is 21.2 Å². The fraction of sp³-hybridized carbons (Fsp3) is 0. The Labute approximate surface area is 292 Å². The molecule has 0 unspecified atom stereocenters. The fourth-order valence-electron chi connectivity index (χ4n) is 8.88. The number of fused-ring (bicyclic) bond motifs is 8. The van der Waals surface area contributed by atoms with Crippen LogP contribution < -0.4 is 16.2 Å². The summed E-state index contributed by atoms with van der Waals surface area (Å²) in [4.78, 5) is 54.0. The van der Waals surface area contributed by atoms with Gasteiger partial charge in [-0.25, -0.2) is 4.52 Å². The van der Waals surface area contributed by atoms with Crippen LogP contribution in [0.5, 0.6) is 0 Å². The first-order valence-electron chi connectivity index (χ1n) is 17.0. The van der Waals surface area contributed by atoms with Gasteiger partial charge in [-0.1, -0.05) is 72.8 Å². The van der Waals surface area contributed by atoms with Gasteiger partial charge < -0.3 is 5.32 Å². The Balaban J connectivity index is 1.11. The maximum Gasteiger partial charge on any atom is 0.196 e. The maximum atomic E-state index is 14.4. The van der Waals surface area contributed by atoms with Crippen molar-refractivity contribution in [3.05, 3.63) is 164 Å². The predicted molar refractivity (Wildman–Crippen MR) is 207 cm³/mol.